The van der Waals surface area contributed by atoms with Gasteiger partial charge >= 0.3 is 5.97 Å². The van der Waals surface area contributed by atoms with Crippen molar-refractivity contribution in [1.29, 1.82) is 0 Å². The van der Waals surface area contributed by atoms with Gasteiger partial charge in [0.15, 0.2) is 0 Å². The molecule has 1 unspecified atom stereocenters. The van der Waals surface area contributed by atoms with E-state index in [1.54, 1.807) is 24.6 Å². The Morgan fingerprint density at radius 1 is 1.29 bits per heavy atom. The monoisotopic (exact) mass is 516 g/mol. The highest BCUT2D eigenvalue weighted by molar-refractivity contribution is 7.07. The standard InChI is InChI=1S/C27H33ClN2O4S/c1-34-20-5-6-23-21(16-20)25(22(28)17-29-23)24(31)7-9-27(26(32)33)10-13-30(14-11-27)12-3-2-4-19-8-15-35-18-19/h5-6,8,15-18,24,31H,2-4,7,9-14H2,1H3,(H,32,33). The van der Waals surface area contributed by atoms with E-state index < -0.39 is 17.5 Å². The average molecular weight is 517 g/mol. The normalized spacial score (nSPS) is 16.9. The number of unbranched alkanes of at least 4 members (excludes halogenated alkanes) is 1. The van der Waals surface area contributed by atoms with Crippen LogP contribution in [0.15, 0.2) is 41.2 Å². The van der Waals surface area contributed by atoms with Crippen molar-refractivity contribution in [3.63, 3.8) is 0 Å². The molecule has 1 aromatic carbocycles. The van der Waals surface area contributed by atoms with E-state index in [9.17, 15) is 15.0 Å². The molecular formula is C27H33ClN2O4S. The Kier molecular flexibility index (Phi) is 8.65. The van der Waals surface area contributed by atoms with Gasteiger partial charge in [-0.1, -0.05) is 11.6 Å². The van der Waals surface area contributed by atoms with Gasteiger partial charge in [0.1, 0.15) is 5.75 Å². The predicted octanol–water partition coefficient (Wildman–Crippen LogP) is 5.96. The zero-order valence-corrected chi connectivity index (χ0v) is 21.7. The van der Waals surface area contributed by atoms with Crippen LogP contribution in [0, 0.1) is 5.41 Å². The summed E-state index contributed by atoms with van der Waals surface area (Å²) in [7, 11) is 1.59. The van der Waals surface area contributed by atoms with Crippen LogP contribution in [0.2, 0.25) is 5.02 Å². The number of aliphatic carboxylic acids is 1. The van der Waals surface area contributed by atoms with Crippen LogP contribution in [0.3, 0.4) is 0 Å². The Morgan fingerprint density at radius 3 is 2.77 bits per heavy atom. The number of hydrogen-bond acceptors (Lipinski definition) is 6. The molecule has 35 heavy (non-hydrogen) atoms. The van der Waals surface area contributed by atoms with Gasteiger partial charge in [0.25, 0.3) is 0 Å². The first-order valence-electron chi connectivity index (χ1n) is 12.2. The smallest absolute Gasteiger partial charge is 0.309 e. The third kappa shape index (κ3) is 6.15. The van der Waals surface area contributed by atoms with E-state index in [0.29, 0.717) is 47.5 Å². The van der Waals surface area contributed by atoms with Gasteiger partial charge in [-0.2, -0.15) is 11.3 Å². The molecule has 0 aliphatic carbocycles. The summed E-state index contributed by atoms with van der Waals surface area (Å²) >= 11 is 8.17. The Labute approximate surface area is 215 Å². The third-order valence-electron chi connectivity index (χ3n) is 7.33. The van der Waals surface area contributed by atoms with Crippen molar-refractivity contribution in [3.05, 3.63) is 57.4 Å². The molecule has 2 aromatic heterocycles. The summed E-state index contributed by atoms with van der Waals surface area (Å²) in [6.45, 7) is 2.55. The van der Waals surface area contributed by atoms with E-state index in [4.69, 9.17) is 16.3 Å². The second-order valence-corrected chi connectivity index (χ2v) is 10.7. The molecule has 2 N–H and O–H groups in total. The minimum absolute atomic E-state index is 0.322. The molecule has 1 aliphatic heterocycles. The second-order valence-electron chi connectivity index (χ2n) is 9.47. The Balaban J connectivity index is 1.35. The fraction of sp³-hybridized carbons (Fsp3) is 0.481. The van der Waals surface area contributed by atoms with Crippen LogP contribution in [0.1, 0.15) is 55.8 Å². The number of fused-ring (bicyclic) bond motifs is 1. The Bertz CT molecular complexity index is 1130. The van der Waals surface area contributed by atoms with Crippen LogP contribution in [0.25, 0.3) is 10.9 Å². The number of hydrogen-bond donors (Lipinski definition) is 2. The molecule has 0 radical (unpaired) electrons. The van der Waals surface area contributed by atoms with Gasteiger partial charge in [-0.05, 0) is 105 Å². The van der Waals surface area contributed by atoms with Crippen molar-refractivity contribution in [2.45, 2.75) is 51.0 Å². The van der Waals surface area contributed by atoms with E-state index >= 15 is 0 Å². The topological polar surface area (TPSA) is 82.9 Å². The van der Waals surface area contributed by atoms with Crippen molar-refractivity contribution < 1.29 is 19.7 Å². The number of halogens is 1. The van der Waals surface area contributed by atoms with E-state index in [1.165, 1.54) is 5.56 Å². The van der Waals surface area contributed by atoms with Gasteiger partial charge in [-0.3, -0.25) is 9.78 Å². The van der Waals surface area contributed by atoms with Gasteiger partial charge < -0.3 is 19.8 Å². The number of methoxy groups -OCH3 is 1. The summed E-state index contributed by atoms with van der Waals surface area (Å²) in [4.78, 5) is 19.1. The Morgan fingerprint density at radius 2 is 2.09 bits per heavy atom. The van der Waals surface area contributed by atoms with Crippen LogP contribution in [-0.2, 0) is 11.2 Å². The quantitative estimate of drug-likeness (QED) is 0.306. The summed E-state index contributed by atoms with van der Waals surface area (Å²) < 4.78 is 5.33. The van der Waals surface area contributed by atoms with Gasteiger partial charge in [0.2, 0.25) is 0 Å². The highest BCUT2D eigenvalue weighted by Gasteiger charge is 2.41. The largest absolute Gasteiger partial charge is 0.497 e. The lowest BCUT2D eigenvalue weighted by Crippen LogP contribution is -2.44. The number of piperidine rings is 1. The van der Waals surface area contributed by atoms with E-state index in [-0.39, 0.29) is 0 Å². The highest BCUT2D eigenvalue weighted by atomic mass is 35.5. The summed E-state index contributed by atoms with van der Waals surface area (Å²) in [6.07, 6.45) is 5.94. The van der Waals surface area contributed by atoms with Gasteiger partial charge in [0, 0.05) is 17.1 Å². The van der Waals surface area contributed by atoms with Crippen LogP contribution >= 0.6 is 22.9 Å². The molecule has 1 atom stereocenters. The number of carboxylic acids is 1. The lowest BCUT2D eigenvalue weighted by Gasteiger charge is -2.39. The van der Waals surface area contributed by atoms with Gasteiger partial charge in [-0.25, -0.2) is 0 Å². The maximum absolute atomic E-state index is 12.3. The molecular weight excluding hydrogens is 484 g/mol. The molecule has 188 valence electrons. The molecule has 3 aromatic rings. The second kappa shape index (κ2) is 11.7. The first-order valence-corrected chi connectivity index (χ1v) is 13.5. The van der Waals surface area contributed by atoms with Crippen molar-refractivity contribution in [1.82, 2.24) is 9.88 Å². The summed E-state index contributed by atoms with van der Waals surface area (Å²) in [5.41, 5.74) is 1.88. The maximum atomic E-state index is 12.3. The molecule has 8 heteroatoms. The average Bonchev–Trinajstić information content (AvgIpc) is 3.39. The lowest BCUT2D eigenvalue weighted by atomic mass is 9.74. The number of aliphatic hydroxyl groups excluding tert-OH is 1. The van der Waals surface area contributed by atoms with E-state index in [1.807, 2.05) is 18.2 Å². The molecule has 0 saturated carbocycles. The van der Waals surface area contributed by atoms with Crippen LogP contribution < -0.4 is 4.74 Å². The molecule has 1 fully saturated rings. The number of rotatable bonds is 11. The van der Waals surface area contributed by atoms with Gasteiger partial charge in [0.05, 0.1) is 29.2 Å². The number of aryl methyl sites for hydroxylation is 1. The molecule has 4 rings (SSSR count). The maximum Gasteiger partial charge on any atom is 0.309 e. The summed E-state index contributed by atoms with van der Waals surface area (Å²) in [5, 5.41) is 26.7. The van der Waals surface area contributed by atoms with Crippen LogP contribution in [0.5, 0.6) is 5.75 Å². The third-order valence-corrected chi connectivity index (χ3v) is 8.37. The zero-order valence-electron chi connectivity index (χ0n) is 20.1. The SMILES string of the molecule is COc1ccc2ncc(Cl)c(C(O)CCC3(C(=O)O)CCN(CCCCc4ccsc4)CC3)c2c1. The fourth-order valence-electron chi connectivity index (χ4n) is 5.07. The Hall–Kier alpha value is -2.19. The first-order chi connectivity index (χ1) is 16.9. The number of carbonyl (C=O) groups is 1. The molecule has 6 nitrogen and oxygen atoms in total. The lowest BCUT2D eigenvalue weighted by molar-refractivity contribution is -0.153. The molecule has 0 spiro atoms. The first kappa shape index (κ1) is 25.9. The summed E-state index contributed by atoms with van der Waals surface area (Å²) in [6, 6.07) is 7.64. The number of thiophene rings is 1. The zero-order chi connectivity index (χ0) is 24.8. The molecule has 1 aliphatic rings. The number of carboxylic acid groups (broad SMARTS) is 1. The molecule has 1 saturated heterocycles. The van der Waals surface area contributed by atoms with Crippen molar-refractivity contribution in [2.75, 3.05) is 26.7 Å². The van der Waals surface area contributed by atoms with E-state index in [2.05, 4.69) is 26.7 Å². The molecule has 0 bridgehead atoms. The van der Waals surface area contributed by atoms with E-state index in [0.717, 1.165) is 44.3 Å². The minimum atomic E-state index is -0.883. The van der Waals surface area contributed by atoms with Crippen molar-refractivity contribution in [3.8, 4) is 5.75 Å². The fourth-order valence-corrected chi connectivity index (χ4v) is 6.05. The summed E-state index contributed by atoms with van der Waals surface area (Å²) in [5.74, 6) is -0.117. The van der Waals surface area contributed by atoms with Crippen LogP contribution in [-0.4, -0.2) is 52.8 Å². The number of pyridine rings is 1. The highest BCUT2D eigenvalue weighted by Crippen LogP contribution is 2.41. The number of nitrogens with zero attached hydrogens (tertiary/aromatic N) is 2. The number of likely N-dealkylation sites (tertiary alicyclic amines) is 1. The number of aromatic nitrogens is 1. The van der Waals surface area contributed by atoms with Crippen molar-refractivity contribution in [2.24, 2.45) is 5.41 Å². The molecule has 0 amide bonds. The minimum Gasteiger partial charge on any atom is -0.497 e. The predicted molar refractivity (Wildman–Crippen MR) is 140 cm³/mol. The number of benzene rings is 1. The molecule has 3 heterocycles. The van der Waals surface area contributed by atoms with Crippen molar-refractivity contribution >= 4 is 39.8 Å². The number of aliphatic hydroxyl groups is 1. The van der Waals surface area contributed by atoms with Crippen LogP contribution in [0.4, 0.5) is 0 Å². The van der Waals surface area contributed by atoms with Gasteiger partial charge in [-0.15, -0.1) is 0 Å². The number of ether oxygens (including phenoxy) is 1.